The molecule has 0 aliphatic carbocycles. The van der Waals surface area contributed by atoms with E-state index in [1.165, 1.54) is 28.2 Å². The van der Waals surface area contributed by atoms with E-state index < -0.39 is 5.41 Å². The van der Waals surface area contributed by atoms with E-state index in [1.807, 2.05) is 47.6 Å². The number of rotatable bonds is 2. The van der Waals surface area contributed by atoms with E-state index in [1.54, 1.807) is 0 Å². The molecule has 0 aliphatic rings. The first-order chi connectivity index (χ1) is 14.7. The van der Waals surface area contributed by atoms with Crippen LogP contribution in [0.15, 0.2) is 54.3 Å². The Labute approximate surface area is 212 Å². The molecule has 3 nitrogen and oxygen atoms in total. The molecule has 33 heavy (non-hydrogen) atoms. The fourth-order valence-electron chi connectivity index (χ4n) is 2.82. The minimum Gasteiger partial charge on any atom is -0.512 e. The predicted octanol–water partition coefficient (Wildman–Crippen LogP) is 7.71. The average molecular weight is 623 g/mol. The number of carbonyl (C=O) groups excluding carboxylic acids is 1. The second-order valence-corrected chi connectivity index (χ2v) is 10.5. The fourth-order valence-corrected chi connectivity index (χ4v) is 2.82. The number of aliphatic hydroxyl groups is 1. The summed E-state index contributed by atoms with van der Waals surface area (Å²) < 4.78 is 0. The molecule has 0 aliphatic heterocycles. The van der Waals surface area contributed by atoms with Gasteiger partial charge in [0.2, 0.25) is 0 Å². The summed E-state index contributed by atoms with van der Waals surface area (Å²) in [6.07, 6.45) is 1.33. The van der Waals surface area contributed by atoms with Crippen LogP contribution in [0, 0.1) is 37.7 Å². The molecule has 0 spiro atoms. The van der Waals surface area contributed by atoms with Gasteiger partial charge < -0.3 is 5.11 Å². The third kappa shape index (κ3) is 8.21. The molecular formula is C29H36IrNO2-. The van der Waals surface area contributed by atoms with E-state index >= 15 is 0 Å². The van der Waals surface area contributed by atoms with Gasteiger partial charge in [0, 0.05) is 37.0 Å². The summed E-state index contributed by atoms with van der Waals surface area (Å²) >= 11 is 0. The number of fused-ring (bicyclic) bond motifs is 1. The summed E-state index contributed by atoms with van der Waals surface area (Å²) in [7, 11) is 0. The number of carbonyl (C=O) groups is 1. The first-order valence-corrected chi connectivity index (χ1v) is 11.0. The molecule has 1 heterocycles. The third-order valence-corrected chi connectivity index (χ3v) is 5.31. The number of hydrogen-bond acceptors (Lipinski definition) is 3. The fraction of sp³-hybridized carbons (Fsp3) is 0.379. The van der Waals surface area contributed by atoms with Gasteiger partial charge in [0.15, 0.2) is 5.78 Å². The van der Waals surface area contributed by atoms with Crippen LogP contribution in [0.1, 0.15) is 58.2 Å². The van der Waals surface area contributed by atoms with Gasteiger partial charge in [-0.15, -0.1) is 35.4 Å². The molecule has 0 bridgehead atoms. The molecule has 1 N–H and O–H groups in total. The molecule has 0 saturated heterocycles. The van der Waals surface area contributed by atoms with Gasteiger partial charge in [-0.3, -0.25) is 9.78 Å². The van der Waals surface area contributed by atoms with Crippen LogP contribution >= 0.6 is 0 Å². The third-order valence-electron chi connectivity index (χ3n) is 5.31. The van der Waals surface area contributed by atoms with E-state index in [4.69, 9.17) is 4.98 Å². The van der Waals surface area contributed by atoms with Crippen molar-refractivity contribution in [2.75, 3.05) is 0 Å². The average Bonchev–Trinajstić information content (AvgIpc) is 2.67. The van der Waals surface area contributed by atoms with Crippen molar-refractivity contribution >= 4 is 16.7 Å². The zero-order chi connectivity index (χ0) is 24.3. The van der Waals surface area contributed by atoms with Crippen LogP contribution in [0.2, 0.25) is 0 Å². The number of hydrogen-bond donors (Lipinski definition) is 1. The Morgan fingerprint density at radius 3 is 2.06 bits per heavy atom. The Bertz CT molecular complexity index is 1150. The maximum Gasteiger partial charge on any atom is 0.164 e. The predicted molar refractivity (Wildman–Crippen MR) is 135 cm³/mol. The monoisotopic (exact) mass is 623 g/mol. The summed E-state index contributed by atoms with van der Waals surface area (Å²) in [6, 6.07) is 17.9. The number of aromatic nitrogens is 1. The molecule has 3 rings (SSSR count). The summed E-state index contributed by atoms with van der Waals surface area (Å²) in [5, 5.41) is 10.8. The van der Waals surface area contributed by atoms with E-state index in [9.17, 15) is 9.90 Å². The van der Waals surface area contributed by atoms with Crippen LogP contribution in [0.5, 0.6) is 0 Å². The van der Waals surface area contributed by atoms with Gasteiger partial charge in [0.25, 0.3) is 0 Å². The minimum atomic E-state index is -0.417. The van der Waals surface area contributed by atoms with Crippen molar-refractivity contribution in [1.82, 2.24) is 4.98 Å². The molecule has 2 aromatic carbocycles. The molecular weight excluding hydrogens is 587 g/mol. The standard InChI is InChI=1S/C18H16N.C11H20O2.Ir/c1-12-5-4-6-15(9-12)17-8-7-16-10-13(2)14(3)11-18(16)19-17;1-10(2,3)8(12)7-9(13)11(4,5)6;/h4-5,7-11H,1-3H3;7,12H,1-6H3;/q-1;;/b;8-7-;. The molecule has 4 heteroatoms. The maximum atomic E-state index is 11.5. The van der Waals surface area contributed by atoms with Gasteiger partial charge in [-0.2, -0.15) is 0 Å². The van der Waals surface area contributed by atoms with Crippen LogP contribution in [0.4, 0.5) is 0 Å². The van der Waals surface area contributed by atoms with Crippen LogP contribution < -0.4 is 0 Å². The molecule has 1 radical (unpaired) electrons. The van der Waals surface area contributed by atoms with Crippen LogP contribution in [-0.2, 0) is 24.9 Å². The Morgan fingerprint density at radius 1 is 0.909 bits per heavy atom. The molecule has 0 atom stereocenters. The Kier molecular flexibility index (Phi) is 9.78. The van der Waals surface area contributed by atoms with E-state index in [2.05, 4.69) is 63.2 Å². The number of benzene rings is 2. The van der Waals surface area contributed by atoms with Gasteiger partial charge in [0.1, 0.15) is 5.76 Å². The quantitative estimate of drug-likeness (QED) is 0.181. The van der Waals surface area contributed by atoms with Crippen molar-refractivity contribution in [3.05, 3.63) is 77.1 Å². The number of allylic oxidation sites excluding steroid dienone is 2. The number of nitrogens with zero attached hydrogens (tertiary/aromatic N) is 1. The topological polar surface area (TPSA) is 50.2 Å². The van der Waals surface area contributed by atoms with Crippen molar-refractivity contribution in [3.8, 4) is 11.3 Å². The van der Waals surface area contributed by atoms with E-state index in [0.717, 1.165) is 16.8 Å². The first-order valence-electron chi connectivity index (χ1n) is 11.0. The SMILES string of the molecule is CC(C)(C)C(=O)/C=C(\O)C(C)(C)C.Cc1cc[c-]c(-c2ccc3cc(C)c(C)cc3n2)c1.[Ir]. The summed E-state index contributed by atoms with van der Waals surface area (Å²) in [6.45, 7) is 17.5. The zero-order valence-electron chi connectivity index (χ0n) is 21.3. The van der Waals surface area contributed by atoms with Crippen LogP contribution in [-0.4, -0.2) is 15.9 Å². The number of aryl methyl sites for hydroxylation is 3. The summed E-state index contributed by atoms with van der Waals surface area (Å²) in [5.74, 6) is 0.104. The van der Waals surface area contributed by atoms with E-state index in [0.29, 0.717) is 0 Å². The van der Waals surface area contributed by atoms with Crippen molar-refractivity contribution in [2.45, 2.75) is 62.3 Å². The molecule has 0 unspecified atom stereocenters. The maximum absolute atomic E-state index is 11.5. The molecule has 179 valence electrons. The molecule has 0 fully saturated rings. The van der Waals surface area contributed by atoms with Gasteiger partial charge >= 0.3 is 0 Å². The number of aliphatic hydroxyl groups excluding tert-OH is 1. The van der Waals surface area contributed by atoms with Crippen molar-refractivity contribution < 1.29 is 30.0 Å². The van der Waals surface area contributed by atoms with Crippen LogP contribution in [0.25, 0.3) is 22.2 Å². The normalized spacial score (nSPS) is 12.0. The number of ketones is 1. The van der Waals surface area contributed by atoms with Crippen LogP contribution in [0.3, 0.4) is 0 Å². The smallest absolute Gasteiger partial charge is 0.164 e. The molecule has 1 aromatic heterocycles. The Balaban J connectivity index is 0.000000346. The molecule has 3 aromatic rings. The van der Waals surface area contributed by atoms with Gasteiger partial charge in [-0.1, -0.05) is 60.6 Å². The number of pyridine rings is 1. The van der Waals surface area contributed by atoms with E-state index in [-0.39, 0.29) is 37.1 Å². The molecule has 0 saturated carbocycles. The summed E-state index contributed by atoms with van der Waals surface area (Å²) in [5.41, 5.74) is 6.15. The second-order valence-electron chi connectivity index (χ2n) is 10.5. The second kappa shape index (κ2) is 11.2. The zero-order valence-corrected chi connectivity index (χ0v) is 23.6. The first kappa shape index (κ1) is 28.7. The Morgan fingerprint density at radius 2 is 1.52 bits per heavy atom. The van der Waals surface area contributed by atoms with Crippen molar-refractivity contribution in [3.63, 3.8) is 0 Å². The van der Waals surface area contributed by atoms with Gasteiger partial charge in [0.05, 0.1) is 5.52 Å². The van der Waals surface area contributed by atoms with Gasteiger partial charge in [-0.25, -0.2) is 0 Å². The minimum absolute atomic E-state index is 0. The molecule has 0 amide bonds. The summed E-state index contributed by atoms with van der Waals surface area (Å²) in [4.78, 5) is 16.2. The Hall–Kier alpha value is -2.29. The van der Waals surface area contributed by atoms with Crippen molar-refractivity contribution in [2.24, 2.45) is 10.8 Å². The van der Waals surface area contributed by atoms with Crippen molar-refractivity contribution in [1.29, 1.82) is 0 Å². The largest absolute Gasteiger partial charge is 0.512 e. The van der Waals surface area contributed by atoms with Gasteiger partial charge in [-0.05, 0) is 48.2 Å².